The molecule has 0 unspecified atom stereocenters. The fourth-order valence-electron chi connectivity index (χ4n) is 2.68. The quantitative estimate of drug-likeness (QED) is 0.677. The van der Waals surface area contributed by atoms with Crippen LogP contribution in [0.15, 0.2) is 54.6 Å². The van der Waals surface area contributed by atoms with E-state index in [9.17, 15) is 4.79 Å². The summed E-state index contributed by atoms with van der Waals surface area (Å²) in [6.45, 7) is 2.79. The van der Waals surface area contributed by atoms with Crippen LogP contribution in [0.4, 0.5) is 0 Å². The van der Waals surface area contributed by atoms with Crippen LogP contribution in [0.25, 0.3) is 10.9 Å². The first-order valence-electron chi connectivity index (χ1n) is 7.51. The molecule has 0 aliphatic heterocycles. The lowest BCUT2D eigenvalue weighted by Gasteiger charge is -2.10. The van der Waals surface area contributed by atoms with Gasteiger partial charge < -0.3 is 14.0 Å². The summed E-state index contributed by atoms with van der Waals surface area (Å²) in [6.07, 6.45) is 0. The zero-order chi connectivity index (χ0) is 16.2. The molecular formula is C19H19NO3. The molecule has 2 aromatic carbocycles. The van der Waals surface area contributed by atoms with Crippen molar-refractivity contribution in [3.63, 3.8) is 0 Å². The summed E-state index contributed by atoms with van der Waals surface area (Å²) >= 11 is 0. The molecule has 0 radical (unpaired) electrons. The minimum atomic E-state index is -0.386. The largest absolute Gasteiger partial charge is 0.482 e. The first-order chi connectivity index (χ1) is 11.2. The lowest BCUT2D eigenvalue weighted by molar-refractivity contribution is -0.142. The first-order valence-corrected chi connectivity index (χ1v) is 7.51. The van der Waals surface area contributed by atoms with Crippen LogP contribution >= 0.6 is 0 Å². The Kier molecular flexibility index (Phi) is 4.33. The van der Waals surface area contributed by atoms with Crippen LogP contribution in [-0.2, 0) is 16.1 Å². The molecule has 3 aromatic rings. The predicted molar refractivity (Wildman–Crippen MR) is 89.7 cm³/mol. The Labute approximate surface area is 135 Å². The van der Waals surface area contributed by atoms with Crippen LogP contribution in [0.3, 0.4) is 0 Å². The number of methoxy groups -OCH3 is 1. The van der Waals surface area contributed by atoms with Gasteiger partial charge in [0.05, 0.1) is 7.11 Å². The molecule has 0 saturated heterocycles. The third kappa shape index (κ3) is 3.37. The third-order valence-corrected chi connectivity index (χ3v) is 3.84. The van der Waals surface area contributed by atoms with Gasteiger partial charge in [0.2, 0.25) is 0 Å². The van der Waals surface area contributed by atoms with Crippen molar-refractivity contribution in [1.29, 1.82) is 0 Å². The summed E-state index contributed by atoms with van der Waals surface area (Å²) < 4.78 is 12.3. The molecule has 0 aliphatic carbocycles. The molecule has 118 valence electrons. The Morgan fingerprint density at radius 1 is 1.09 bits per heavy atom. The second kappa shape index (κ2) is 6.57. The molecule has 0 saturated carbocycles. The number of carbonyl (C=O) groups excluding carboxylic acids is 1. The summed E-state index contributed by atoms with van der Waals surface area (Å²) in [4.78, 5) is 11.2. The number of hydrogen-bond donors (Lipinski definition) is 0. The van der Waals surface area contributed by atoms with E-state index in [4.69, 9.17) is 4.74 Å². The highest BCUT2D eigenvalue weighted by Crippen LogP contribution is 2.22. The van der Waals surface area contributed by atoms with Gasteiger partial charge in [-0.15, -0.1) is 0 Å². The second-order valence-corrected chi connectivity index (χ2v) is 5.44. The van der Waals surface area contributed by atoms with Gasteiger partial charge in [0, 0.05) is 17.8 Å². The molecule has 4 heteroatoms. The van der Waals surface area contributed by atoms with Crippen LogP contribution in [0, 0.1) is 6.92 Å². The predicted octanol–water partition coefficient (Wildman–Crippen LogP) is 3.55. The van der Waals surface area contributed by atoms with Gasteiger partial charge in [-0.2, -0.15) is 0 Å². The lowest BCUT2D eigenvalue weighted by atomic mass is 10.2. The van der Waals surface area contributed by atoms with Crippen molar-refractivity contribution in [1.82, 2.24) is 4.57 Å². The molecule has 1 heterocycles. The highest BCUT2D eigenvalue weighted by Gasteiger charge is 2.07. The van der Waals surface area contributed by atoms with E-state index in [2.05, 4.69) is 40.5 Å². The molecule has 23 heavy (non-hydrogen) atoms. The number of carbonyl (C=O) groups is 1. The fourth-order valence-corrected chi connectivity index (χ4v) is 2.68. The Morgan fingerprint density at radius 3 is 2.74 bits per heavy atom. The van der Waals surface area contributed by atoms with Crippen molar-refractivity contribution < 1.29 is 14.3 Å². The Hall–Kier alpha value is -2.75. The van der Waals surface area contributed by atoms with Gasteiger partial charge >= 0.3 is 5.97 Å². The Bertz CT molecular complexity index is 836. The molecule has 0 atom stereocenters. The maximum atomic E-state index is 11.2. The number of aryl methyl sites for hydroxylation is 1. The van der Waals surface area contributed by atoms with E-state index < -0.39 is 0 Å². The molecule has 0 aliphatic rings. The van der Waals surface area contributed by atoms with E-state index in [-0.39, 0.29) is 12.6 Å². The van der Waals surface area contributed by atoms with Crippen LogP contribution in [0.5, 0.6) is 5.75 Å². The summed E-state index contributed by atoms with van der Waals surface area (Å²) in [6, 6.07) is 18.3. The van der Waals surface area contributed by atoms with Gasteiger partial charge in [-0.25, -0.2) is 4.79 Å². The zero-order valence-electron chi connectivity index (χ0n) is 13.3. The van der Waals surface area contributed by atoms with Gasteiger partial charge in [0.25, 0.3) is 0 Å². The number of benzene rings is 2. The number of ether oxygens (including phenoxy) is 2. The highest BCUT2D eigenvalue weighted by molar-refractivity contribution is 5.81. The number of esters is 1. The number of hydrogen-bond acceptors (Lipinski definition) is 3. The topological polar surface area (TPSA) is 40.5 Å². The van der Waals surface area contributed by atoms with E-state index in [1.54, 1.807) is 0 Å². The summed E-state index contributed by atoms with van der Waals surface area (Å²) in [5, 5.41) is 1.24. The molecule has 3 rings (SSSR count). The van der Waals surface area contributed by atoms with Crippen molar-refractivity contribution in [2.24, 2.45) is 0 Å². The van der Waals surface area contributed by atoms with Crippen molar-refractivity contribution in [2.45, 2.75) is 13.5 Å². The number of aromatic nitrogens is 1. The minimum absolute atomic E-state index is 0.0779. The summed E-state index contributed by atoms with van der Waals surface area (Å²) in [5.41, 5.74) is 3.55. The molecule has 0 fully saturated rings. The van der Waals surface area contributed by atoms with Crippen LogP contribution in [0.1, 0.15) is 11.3 Å². The molecule has 4 nitrogen and oxygen atoms in total. The monoisotopic (exact) mass is 309 g/mol. The van der Waals surface area contributed by atoms with Crippen molar-refractivity contribution in [2.75, 3.05) is 13.7 Å². The molecule has 1 aromatic heterocycles. The lowest BCUT2D eigenvalue weighted by Crippen LogP contribution is -2.12. The third-order valence-electron chi connectivity index (χ3n) is 3.84. The second-order valence-electron chi connectivity index (χ2n) is 5.44. The molecule has 0 spiro atoms. The smallest absolute Gasteiger partial charge is 0.343 e. The van der Waals surface area contributed by atoms with Crippen molar-refractivity contribution in [3.8, 4) is 5.75 Å². The van der Waals surface area contributed by atoms with Gasteiger partial charge in [-0.1, -0.05) is 30.3 Å². The van der Waals surface area contributed by atoms with Gasteiger partial charge in [0.15, 0.2) is 6.61 Å². The maximum absolute atomic E-state index is 11.2. The standard InChI is InChI=1S/C19H19NO3/c1-14-10-16-7-3-4-9-18(16)20(14)12-15-6-5-8-17(11-15)23-13-19(21)22-2/h3-11H,12-13H2,1-2H3. The van der Waals surface area contributed by atoms with E-state index in [1.165, 1.54) is 23.7 Å². The summed E-state index contributed by atoms with van der Waals surface area (Å²) in [5.74, 6) is 0.282. The van der Waals surface area contributed by atoms with Gasteiger partial charge in [-0.3, -0.25) is 0 Å². The van der Waals surface area contributed by atoms with Crippen molar-refractivity contribution >= 4 is 16.9 Å². The summed E-state index contributed by atoms with van der Waals surface area (Å²) in [7, 11) is 1.35. The number of rotatable bonds is 5. The van der Waals surface area contributed by atoms with E-state index in [0.717, 1.165) is 12.1 Å². The van der Waals surface area contributed by atoms with Gasteiger partial charge in [0.1, 0.15) is 5.75 Å². The fraction of sp³-hybridized carbons (Fsp3) is 0.211. The van der Waals surface area contributed by atoms with Crippen LogP contribution in [0.2, 0.25) is 0 Å². The van der Waals surface area contributed by atoms with E-state index >= 15 is 0 Å². The number of fused-ring (bicyclic) bond motifs is 1. The van der Waals surface area contributed by atoms with Crippen molar-refractivity contribution in [3.05, 3.63) is 65.9 Å². The Balaban J connectivity index is 1.82. The first kappa shape index (κ1) is 15.2. The SMILES string of the molecule is COC(=O)COc1cccc(Cn2c(C)cc3ccccc32)c1. The molecule has 0 bridgehead atoms. The van der Waals surface area contributed by atoms with Crippen LogP contribution in [-0.4, -0.2) is 24.3 Å². The normalized spacial score (nSPS) is 10.7. The maximum Gasteiger partial charge on any atom is 0.343 e. The van der Waals surface area contributed by atoms with E-state index in [0.29, 0.717) is 5.75 Å². The van der Waals surface area contributed by atoms with E-state index in [1.807, 2.05) is 30.3 Å². The Morgan fingerprint density at radius 2 is 1.91 bits per heavy atom. The van der Waals surface area contributed by atoms with Crippen LogP contribution < -0.4 is 4.74 Å². The number of para-hydroxylation sites is 1. The minimum Gasteiger partial charge on any atom is -0.482 e. The average molecular weight is 309 g/mol. The molecular weight excluding hydrogens is 290 g/mol. The molecule has 0 N–H and O–H groups in total. The number of nitrogens with zero attached hydrogens (tertiary/aromatic N) is 1. The zero-order valence-corrected chi connectivity index (χ0v) is 13.3. The highest BCUT2D eigenvalue weighted by atomic mass is 16.6. The van der Waals surface area contributed by atoms with Gasteiger partial charge in [-0.05, 0) is 42.1 Å². The molecule has 0 amide bonds. The average Bonchev–Trinajstić information content (AvgIpc) is 2.89.